The molecule has 0 amide bonds. The Balaban J connectivity index is 1.96. The smallest absolute Gasteiger partial charge is 0.123 e. The molecule has 1 heterocycles. The maximum Gasteiger partial charge on any atom is 0.123 e. The van der Waals surface area contributed by atoms with E-state index in [-0.39, 0.29) is 5.82 Å². The van der Waals surface area contributed by atoms with Gasteiger partial charge < -0.3 is 0 Å². The van der Waals surface area contributed by atoms with Crippen LogP contribution in [0.5, 0.6) is 0 Å². The van der Waals surface area contributed by atoms with Crippen LogP contribution in [0.15, 0.2) is 54.7 Å². The zero-order valence-electron chi connectivity index (χ0n) is 12.9. The average Bonchev–Trinajstić information content (AvgIpc) is 2.58. The molecule has 3 aromatic rings. The maximum absolute atomic E-state index is 13.4. The van der Waals surface area contributed by atoms with Crippen LogP contribution in [0.4, 0.5) is 4.39 Å². The molecule has 0 bridgehead atoms. The summed E-state index contributed by atoms with van der Waals surface area (Å²) in [6.45, 7) is 0. The standard InChI is InChI=1S/C21H18FN/c1-2-3-4-5-8-16-9-7-12-21-20(16)14-18(15-23-21)17-10-6-11-19(22)13-17/h1,6-7,9-15H,3-5,8H2. The van der Waals surface area contributed by atoms with Gasteiger partial charge in [0.15, 0.2) is 0 Å². The van der Waals surface area contributed by atoms with Gasteiger partial charge in [0.2, 0.25) is 0 Å². The van der Waals surface area contributed by atoms with E-state index in [1.54, 1.807) is 18.3 Å². The highest BCUT2D eigenvalue weighted by Gasteiger charge is 2.06. The maximum atomic E-state index is 13.4. The van der Waals surface area contributed by atoms with Crippen molar-refractivity contribution < 1.29 is 4.39 Å². The molecule has 3 rings (SSSR count). The summed E-state index contributed by atoms with van der Waals surface area (Å²) >= 11 is 0. The summed E-state index contributed by atoms with van der Waals surface area (Å²) in [6.07, 6.45) is 11.0. The van der Waals surface area contributed by atoms with Crippen LogP contribution < -0.4 is 0 Å². The van der Waals surface area contributed by atoms with Crippen molar-refractivity contribution in [1.29, 1.82) is 0 Å². The SMILES string of the molecule is C#CCCCCc1cccc2ncc(-c3cccc(F)c3)cc12. The Kier molecular flexibility index (Phi) is 4.68. The summed E-state index contributed by atoms with van der Waals surface area (Å²) in [5, 5.41) is 1.13. The molecule has 0 aliphatic heterocycles. The lowest BCUT2D eigenvalue weighted by molar-refractivity contribution is 0.628. The van der Waals surface area contributed by atoms with Crippen molar-refractivity contribution in [1.82, 2.24) is 4.98 Å². The van der Waals surface area contributed by atoms with Crippen molar-refractivity contribution in [2.24, 2.45) is 0 Å². The minimum Gasteiger partial charge on any atom is -0.256 e. The number of fused-ring (bicyclic) bond motifs is 1. The van der Waals surface area contributed by atoms with Crippen molar-refractivity contribution in [2.45, 2.75) is 25.7 Å². The van der Waals surface area contributed by atoms with Gasteiger partial charge in [0.05, 0.1) is 5.52 Å². The first kappa shape index (κ1) is 15.2. The summed E-state index contributed by atoms with van der Waals surface area (Å²) in [7, 11) is 0. The van der Waals surface area contributed by atoms with Crippen molar-refractivity contribution in [3.05, 3.63) is 66.1 Å². The number of benzene rings is 2. The van der Waals surface area contributed by atoms with Crippen LogP contribution in [0.3, 0.4) is 0 Å². The van der Waals surface area contributed by atoms with Crippen molar-refractivity contribution in [3.63, 3.8) is 0 Å². The highest BCUT2D eigenvalue weighted by Crippen LogP contribution is 2.26. The molecular weight excluding hydrogens is 285 g/mol. The Morgan fingerprint density at radius 1 is 1.00 bits per heavy atom. The Hall–Kier alpha value is -2.66. The normalized spacial score (nSPS) is 10.6. The lowest BCUT2D eigenvalue weighted by atomic mass is 9.99. The predicted octanol–water partition coefficient (Wildman–Crippen LogP) is 5.39. The van der Waals surface area contributed by atoms with Crippen LogP contribution >= 0.6 is 0 Å². The highest BCUT2D eigenvalue weighted by molar-refractivity contribution is 5.86. The van der Waals surface area contributed by atoms with Gasteiger partial charge in [0, 0.05) is 23.6 Å². The molecule has 1 nitrogen and oxygen atoms in total. The molecule has 0 radical (unpaired) electrons. The second kappa shape index (κ2) is 7.07. The van der Waals surface area contributed by atoms with Crippen LogP contribution in [0.25, 0.3) is 22.0 Å². The molecule has 0 N–H and O–H groups in total. The van der Waals surface area contributed by atoms with Gasteiger partial charge in [-0.2, -0.15) is 0 Å². The topological polar surface area (TPSA) is 12.9 Å². The van der Waals surface area contributed by atoms with Gasteiger partial charge in [-0.1, -0.05) is 24.3 Å². The quantitative estimate of drug-likeness (QED) is 0.455. The van der Waals surface area contributed by atoms with Crippen molar-refractivity contribution in [3.8, 4) is 23.5 Å². The number of terminal acetylenes is 1. The third-order valence-electron chi connectivity index (χ3n) is 3.99. The summed E-state index contributed by atoms with van der Waals surface area (Å²) in [4.78, 5) is 4.54. The van der Waals surface area contributed by atoms with Gasteiger partial charge in [-0.05, 0) is 54.7 Å². The summed E-state index contributed by atoms with van der Waals surface area (Å²) in [6, 6.07) is 14.9. The lowest BCUT2D eigenvalue weighted by Gasteiger charge is -2.08. The van der Waals surface area contributed by atoms with Gasteiger partial charge in [-0.15, -0.1) is 12.3 Å². The van der Waals surface area contributed by atoms with E-state index in [2.05, 4.69) is 23.0 Å². The van der Waals surface area contributed by atoms with E-state index >= 15 is 0 Å². The zero-order chi connectivity index (χ0) is 16.1. The molecule has 23 heavy (non-hydrogen) atoms. The van der Waals surface area contributed by atoms with Crippen LogP contribution in [-0.4, -0.2) is 4.98 Å². The first-order valence-corrected chi connectivity index (χ1v) is 7.85. The van der Waals surface area contributed by atoms with E-state index < -0.39 is 0 Å². The molecular formula is C21H18FN. The molecule has 1 aromatic heterocycles. The van der Waals surface area contributed by atoms with E-state index in [4.69, 9.17) is 6.42 Å². The fourth-order valence-electron chi connectivity index (χ4n) is 2.80. The number of rotatable bonds is 5. The average molecular weight is 303 g/mol. The van der Waals surface area contributed by atoms with Crippen LogP contribution in [0, 0.1) is 18.2 Å². The van der Waals surface area contributed by atoms with Crippen LogP contribution in [-0.2, 0) is 6.42 Å². The van der Waals surface area contributed by atoms with Gasteiger partial charge in [-0.25, -0.2) is 4.39 Å². The summed E-state index contributed by atoms with van der Waals surface area (Å²) < 4.78 is 13.4. The number of hydrogen-bond acceptors (Lipinski definition) is 1. The van der Waals surface area contributed by atoms with Gasteiger partial charge in [0.25, 0.3) is 0 Å². The zero-order valence-corrected chi connectivity index (χ0v) is 12.9. The van der Waals surface area contributed by atoms with E-state index in [0.29, 0.717) is 0 Å². The van der Waals surface area contributed by atoms with Crippen molar-refractivity contribution >= 4 is 10.9 Å². The van der Waals surface area contributed by atoms with E-state index in [1.165, 1.54) is 11.6 Å². The molecule has 0 spiro atoms. The van der Waals surface area contributed by atoms with E-state index in [9.17, 15) is 4.39 Å². The van der Waals surface area contributed by atoms with Gasteiger partial charge >= 0.3 is 0 Å². The Labute approximate surface area is 136 Å². The third kappa shape index (κ3) is 3.57. The fourth-order valence-corrected chi connectivity index (χ4v) is 2.80. The Morgan fingerprint density at radius 2 is 1.87 bits per heavy atom. The largest absolute Gasteiger partial charge is 0.256 e. The predicted molar refractivity (Wildman–Crippen MR) is 93.5 cm³/mol. The van der Waals surface area contributed by atoms with E-state index in [1.807, 2.05) is 18.2 Å². The minimum absolute atomic E-state index is 0.231. The van der Waals surface area contributed by atoms with Crippen LogP contribution in [0.1, 0.15) is 24.8 Å². The molecule has 0 fully saturated rings. The number of aromatic nitrogens is 1. The van der Waals surface area contributed by atoms with Gasteiger partial charge in [-0.3, -0.25) is 4.98 Å². The molecule has 2 aromatic carbocycles. The first-order chi connectivity index (χ1) is 11.3. The number of unbranched alkanes of at least 4 members (excludes halogenated alkanes) is 2. The molecule has 0 aliphatic carbocycles. The Morgan fingerprint density at radius 3 is 2.70 bits per heavy atom. The number of halogens is 1. The monoisotopic (exact) mass is 303 g/mol. The fraction of sp³-hybridized carbons (Fsp3) is 0.190. The second-order valence-corrected chi connectivity index (χ2v) is 5.63. The molecule has 114 valence electrons. The molecule has 0 unspecified atom stereocenters. The van der Waals surface area contributed by atoms with Gasteiger partial charge in [0.1, 0.15) is 5.82 Å². The number of hydrogen-bond donors (Lipinski definition) is 0. The summed E-state index contributed by atoms with van der Waals surface area (Å²) in [5.41, 5.74) is 4.03. The molecule has 0 aliphatic rings. The minimum atomic E-state index is -0.231. The number of pyridine rings is 1. The number of nitrogens with zero attached hydrogens (tertiary/aromatic N) is 1. The summed E-state index contributed by atoms with van der Waals surface area (Å²) in [5.74, 6) is 2.45. The highest BCUT2D eigenvalue weighted by atomic mass is 19.1. The lowest BCUT2D eigenvalue weighted by Crippen LogP contribution is -1.91. The Bertz CT molecular complexity index is 861. The number of aryl methyl sites for hydroxylation is 1. The van der Waals surface area contributed by atoms with Crippen LogP contribution in [0.2, 0.25) is 0 Å². The third-order valence-corrected chi connectivity index (χ3v) is 3.99. The molecule has 0 saturated carbocycles. The molecule has 2 heteroatoms. The van der Waals surface area contributed by atoms with Crippen molar-refractivity contribution in [2.75, 3.05) is 0 Å². The molecule has 0 saturated heterocycles. The van der Waals surface area contributed by atoms with E-state index in [0.717, 1.165) is 47.7 Å². The molecule has 0 atom stereocenters. The first-order valence-electron chi connectivity index (χ1n) is 7.85. The second-order valence-electron chi connectivity index (χ2n) is 5.63.